The van der Waals surface area contributed by atoms with Crippen LogP contribution in [0.4, 0.5) is 0 Å². The molecule has 3 aliphatic heterocycles. The second kappa shape index (κ2) is 8.84. The molecule has 1 aliphatic carbocycles. The molecule has 4 aliphatic rings. The van der Waals surface area contributed by atoms with E-state index in [1.807, 2.05) is 0 Å². The van der Waals surface area contributed by atoms with Crippen LogP contribution in [0.25, 0.3) is 5.70 Å². The lowest BCUT2D eigenvalue weighted by molar-refractivity contribution is -0.00724. The maximum atomic E-state index is 5.61. The summed E-state index contributed by atoms with van der Waals surface area (Å²) in [6.07, 6.45) is 8.72. The third-order valence-corrected chi connectivity index (χ3v) is 7.88. The van der Waals surface area contributed by atoms with Crippen LogP contribution in [0.3, 0.4) is 0 Å². The lowest BCUT2D eigenvalue weighted by Gasteiger charge is -2.42. The predicted octanol–water partition coefficient (Wildman–Crippen LogP) is 4.69. The van der Waals surface area contributed by atoms with Gasteiger partial charge < -0.3 is 15.0 Å². The summed E-state index contributed by atoms with van der Waals surface area (Å²) in [6, 6.07) is 8.16. The van der Waals surface area contributed by atoms with Crippen LogP contribution in [0.5, 0.6) is 0 Å². The number of allylic oxidation sites excluding steroid dienone is 1. The fourth-order valence-corrected chi connectivity index (χ4v) is 6.24. The van der Waals surface area contributed by atoms with E-state index in [4.69, 9.17) is 4.74 Å². The zero-order chi connectivity index (χ0) is 21.4. The number of nitrogens with zero attached hydrogens (tertiary/aromatic N) is 2. The summed E-state index contributed by atoms with van der Waals surface area (Å²) in [4.78, 5) is 5.15. The van der Waals surface area contributed by atoms with Crippen LogP contribution < -0.4 is 5.32 Å². The van der Waals surface area contributed by atoms with Gasteiger partial charge in [0.1, 0.15) is 0 Å². The van der Waals surface area contributed by atoms with E-state index in [0.29, 0.717) is 6.04 Å². The molecule has 5 rings (SSSR count). The minimum atomic E-state index is 0.304. The van der Waals surface area contributed by atoms with Gasteiger partial charge in [0.05, 0.1) is 19.3 Å². The molecule has 1 aromatic carbocycles. The van der Waals surface area contributed by atoms with Crippen molar-refractivity contribution >= 4 is 5.70 Å². The summed E-state index contributed by atoms with van der Waals surface area (Å²) in [5.74, 6) is 0.763. The molecule has 3 fully saturated rings. The number of fused-ring (bicyclic) bond motifs is 1. The van der Waals surface area contributed by atoms with Crippen molar-refractivity contribution in [3.63, 3.8) is 0 Å². The van der Waals surface area contributed by atoms with Gasteiger partial charge in [-0.1, -0.05) is 50.8 Å². The van der Waals surface area contributed by atoms with Crippen molar-refractivity contribution in [1.82, 2.24) is 15.1 Å². The Hall–Kier alpha value is -2.04. The first-order chi connectivity index (χ1) is 15.1. The number of morpholine rings is 1. The molecule has 1 aromatic rings. The molecular formula is C27H37N3O. The highest BCUT2D eigenvalue weighted by Crippen LogP contribution is 2.39. The largest absolute Gasteiger partial charge is 0.379 e. The van der Waals surface area contributed by atoms with Gasteiger partial charge >= 0.3 is 0 Å². The molecule has 0 bridgehead atoms. The first-order valence-electron chi connectivity index (χ1n) is 12.1. The zero-order valence-electron chi connectivity index (χ0n) is 18.9. The van der Waals surface area contributed by atoms with Crippen LogP contribution in [-0.4, -0.2) is 48.2 Å². The summed E-state index contributed by atoms with van der Waals surface area (Å²) in [5, 5.41) is 3.37. The molecule has 0 radical (unpaired) electrons. The lowest BCUT2D eigenvalue weighted by Crippen LogP contribution is -2.48. The Balaban J connectivity index is 1.29. The topological polar surface area (TPSA) is 27.7 Å². The standard InChI is InChI=1S/C27H37N3O/c1-19-8-11-26(20(2)28-19)30-18-24-17-22(9-10-25(24)21(30)3)16-23-6-4-5-7-27(23)29-12-14-31-15-13-29/h9-10,17,23,26-28H,1-8,11-16,18H2. The minimum absolute atomic E-state index is 0.304. The maximum Gasteiger partial charge on any atom is 0.0693 e. The maximum absolute atomic E-state index is 5.61. The molecule has 0 spiro atoms. The average molecular weight is 420 g/mol. The Bertz CT molecular complexity index is 869. The normalized spacial score (nSPS) is 29.7. The minimum Gasteiger partial charge on any atom is -0.379 e. The highest BCUT2D eigenvalue weighted by molar-refractivity contribution is 5.70. The summed E-state index contributed by atoms with van der Waals surface area (Å²) < 4.78 is 5.61. The van der Waals surface area contributed by atoms with Gasteiger partial charge in [0.2, 0.25) is 0 Å². The van der Waals surface area contributed by atoms with Crippen LogP contribution in [0.1, 0.15) is 55.2 Å². The van der Waals surface area contributed by atoms with E-state index in [-0.39, 0.29) is 0 Å². The number of benzene rings is 1. The Morgan fingerprint density at radius 1 is 1.03 bits per heavy atom. The summed E-state index contributed by atoms with van der Waals surface area (Å²) in [6.45, 7) is 17.7. The Kier molecular flexibility index (Phi) is 5.94. The second-order valence-corrected chi connectivity index (χ2v) is 9.84. The Labute approximate surface area is 187 Å². The van der Waals surface area contributed by atoms with Gasteiger partial charge in [-0.3, -0.25) is 4.90 Å². The van der Waals surface area contributed by atoms with Gasteiger partial charge in [-0.2, -0.15) is 0 Å². The van der Waals surface area contributed by atoms with Gasteiger partial charge in [-0.05, 0) is 49.1 Å². The molecule has 1 saturated carbocycles. The predicted molar refractivity (Wildman–Crippen MR) is 127 cm³/mol. The summed E-state index contributed by atoms with van der Waals surface area (Å²) in [5.41, 5.74) is 7.51. The Morgan fingerprint density at radius 2 is 1.84 bits per heavy atom. The van der Waals surface area contributed by atoms with Crippen molar-refractivity contribution in [1.29, 1.82) is 0 Å². The van der Waals surface area contributed by atoms with E-state index in [1.54, 1.807) is 0 Å². The van der Waals surface area contributed by atoms with E-state index in [0.717, 1.165) is 74.7 Å². The van der Waals surface area contributed by atoms with E-state index >= 15 is 0 Å². The van der Waals surface area contributed by atoms with E-state index in [1.165, 1.54) is 48.8 Å². The first-order valence-corrected chi connectivity index (χ1v) is 12.1. The molecule has 2 saturated heterocycles. The number of piperidine rings is 1. The van der Waals surface area contributed by atoms with Crippen LogP contribution in [0, 0.1) is 5.92 Å². The highest BCUT2D eigenvalue weighted by atomic mass is 16.5. The van der Waals surface area contributed by atoms with Crippen molar-refractivity contribution in [3.8, 4) is 0 Å². The molecule has 0 aromatic heterocycles. The monoisotopic (exact) mass is 419 g/mol. The van der Waals surface area contributed by atoms with Crippen molar-refractivity contribution < 1.29 is 4.74 Å². The first kappa shape index (κ1) is 20.8. The van der Waals surface area contributed by atoms with Gasteiger partial charge in [-0.15, -0.1) is 0 Å². The fraction of sp³-hybridized carbons (Fsp3) is 0.556. The molecule has 1 N–H and O–H groups in total. The highest BCUT2D eigenvalue weighted by Gasteiger charge is 2.34. The second-order valence-electron chi connectivity index (χ2n) is 9.84. The SMILES string of the molecule is C=C1CCC(N2Cc3cc(CC4CCCCC4N4CCOCC4)ccc3C2=C)C(=C)N1. The number of hydrogen-bond acceptors (Lipinski definition) is 4. The van der Waals surface area contributed by atoms with E-state index in [9.17, 15) is 0 Å². The van der Waals surface area contributed by atoms with Crippen molar-refractivity contribution in [2.24, 2.45) is 5.92 Å². The fourth-order valence-electron chi connectivity index (χ4n) is 6.24. The van der Waals surface area contributed by atoms with Crippen molar-refractivity contribution in [2.45, 2.75) is 63.6 Å². The molecule has 166 valence electrons. The van der Waals surface area contributed by atoms with Crippen LogP contribution in [0.2, 0.25) is 0 Å². The van der Waals surface area contributed by atoms with E-state index < -0.39 is 0 Å². The van der Waals surface area contributed by atoms with Crippen molar-refractivity contribution in [2.75, 3.05) is 26.3 Å². The van der Waals surface area contributed by atoms with Crippen LogP contribution in [0.15, 0.2) is 49.3 Å². The third kappa shape index (κ3) is 4.20. The van der Waals surface area contributed by atoms with E-state index in [2.05, 4.69) is 53.1 Å². The van der Waals surface area contributed by atoms with Crippen LogP contribution in [-0.2, 0) is 17.7 Å². The van der Waals surface area contributed by atoms with Gasteiger partial charge in [-0.25, -0.2) is 0 Å². The Morgan fingerprint density at radius 3 is 2.65 bits per heavy atom. The molecule has 3 unspecified atom stereocenters. The van der Waals surface area contributed by atoms with Gasteiger partial charge in [0.15, 0.2) is 0 Å². The molecule has 3 heterocycles. The number of rotatable bonds is 4. The van der Waals surface area contributed by atoms with Crippen LogP contribution >= 0.6 is 0 Å². The average Bonchev–Trinajstić information content (AvgIpc) is 3.10. The molecule has 4 heteroatoms. The lowest BCUT2D eigenvalue weighted by atomic mass is 9.79. The van der Waals surface area contributed by atoms with Gasteiger partial charge in [0, 0.05) is 48.3 Å². The molecule has 31 heavy (non-hydrogen) atoms. The quantitative estimate of drug-likeness (QED) is 0.767. The van der Waals surface area contributed by atoms with Crippen molar-refractivity contribution in [3.05, 3.63) is 66.0 Å². The zero-order valence-corrected chi connectivity index (χ0v) is 18.9. The molecule has 0 amide bonds. The molecular weight excluding hydrogens is 382 g/mol. The molecule has 3 atom stereocenters. The van der Waals surface area contributed by atoms with Gasteiger partial charge in [0.25, 0.3) is 0 Å². The molecule has 4 nitrogen and oxygen atoms in total. The third-order valence-electron chi connectivity index (χ3n) is 7.88. The number of nitrogens with one attached hydrogen (secondary N) is 1. The smallest absolute Gasteiger partial charge is 0.0693 e. The number of ether oxygens (including phenoxy) is 1. The summed E-state index contributed by atoms with van der Waals surface area (Å²) in [7, 11) is 0. The number of hydrogen-bond donors (Lipinski definition) is 1. The summed E-state index contributed by atoms with van der Waals surface area (Å²) >= 11 is 0.